The Kier molecular flexibility index (Phi) is 4.80. The fourth-order valence-corrected chi connectivity index (χ4v) is 3.88. The van der Waals surface area contributed by atoms with E-state index in [0.717, 1.165) is 17.0 Å². The van der Waals surface area contributed by atoms with Gasteiger partial charge in [0, 0.05) is 24.2 Å². The Morgan fingerprint density at radius 2 is 1.85 bits per heavy atom. The van der Waals surface area contributed by atoms with Crippen LogP contribution in [0.2, 0.25) is 0 Å². The highest BCUT2D eigenvalue weighted by Crippen LogP contribution is 2.19. The van der Waals surface area contributed by atoms with E-state index in [1.807, 2.05) is 11.4 Å². The Morgan fingerprint density at radius 1 is 1.15 bits per heavy atom. The van der Waals surface area contributed by atoms with Crippen LogP contribution >= 0.6 is 11.3 Å². The van der Waals surface area contributed by atoms with Crippen LogP contribution in [0.1, 0.15) is 17.4 Å². The van der Waals surface area contributed by atoms with Gasteiger partial charge in [0.2, 0.25) is 10.0 Å². The summed E-state index contributed by atoms with van der Waals surface area (Å²) < 4.78 is 27.1. The molecule has 2 N–H and O–H groups in total. The smallest absolute Gasteiger partial charge is 0.240 e. The van der Waals surface area contributed by atoms with E-state index in [9.17, 15) is 8.42 Å². The number of rotatable bonds is 6. The minimum Gasteiger partial charge on any atom is -0.388 e. The summed E-state index contributed by atoms with van der Waals surface area (Å²) in [7, 11) is -1.66. The molecule has 1 aromatic carbocycles. The molecule has 0 fully saturated rings. The summed E-state index contributed by atoms with van der Waals surface area (Å²) in [5.41, 5.74) is 2.08. The molecule has 0 aliphatic rings. The molecule has 0 amide bonds. The molecule has 0 bridgehead atoms. The summed E-state index contributed by atoms with van der Waals surface area (Å²) in [6, 6.07) is 8.73. The maximum absolute atomic E-state index is 12.2. The van der Waals surface area contributed by atoms with Crippen LogP contribution in [0.15, 0.2) is 40.6 Å². The Hall–Kier alpha value is -1.37. The van der Waals surface area contributed by atoms with Crippen LogP contribution in [-0.4, -0.2) is 15.5 Å². The van der Waals surface area contributed by atoms with Crippen LogP contribution in [-0.2, 0) is 23.0 Å². The first kappa shape index (κ1) is 15.0. The molecule has 108 valence electrons. The van der Waals surface area contributed by atoms with E-state index in [1.54, 1.807) is 42.6 Å². The van der Waals surface area contributed by atoms with Gasteiger partial charge >= 0.3 is 0 Å². The lowest BCUT2D eigenvalue weighted by Crippen LogP contribution is -2.23. The van der Waals surface area contributed by atoms with Crippen LogP contribution < -0.4 is 10.0 Å². The molecule has 4 nitrogen and oxygen atoms in total. The summed E-state index contributed by atoms with van der Waals surface area (Å²) in [6.07, 6.45) is 0.914. The van der Waals surface area contributed by atoms with Gasteiger partial charge in [0.15, 0.2) is 0 Å². The van der Waals surface area contributed by atoms with Crippen molar-refractivity contribution in [2.24, 2.45) is 0 Å². The van der Waals surface area contributed by atoms with Gasteiger partial charge in [-0.05, 0) is 47.7 Å². The Balaban J connectivity index is 2.10. The minimum absolute atomic E-state index is 0.283. The lowest BCUT2D eigenvalue weighted by molar-refractivity contribution is 0.581. The summed E-state index contributed by atoms with van der Waals surface area (Å²) in [4.78, 5) is 1.36. The van der Waals surface area contributed by atoms with E-state index >= 15 is 0 Å². The van der Waals surface area contributed by atoms with Gasteiger partial charge in [-0.2, -0.15) is 0 Å². The monoisotopic (exact) mass is 310 g/mol. The molecule has 1 heterocycles. The number of anilines is 1. The SMILES string of the molecule is CCc1ccsc1CNS(=O)(=O)c1ccc(NC)cc1. The summed E-state index contributed by atoms with van der Waals surface area (Å²) in [5, 5.41) is 4.95. The number of hydrogen-bond acceptors (Lipinski definition) is 4. The van der Waals surface area contributed by atoms with Crippen LogP contribution in [0.5, 0.6) is 0 Å². The van der Waals surface area contributed by atoms with Gasteiger partial charge in [-0.1, -0.05) is 6.92 Å². The highest BCUT2D eigenvalue weighted by atomic mass is 32.2. The van der Waals surface area contributed by atoms with Gasteiger partial charge in [-0.3, -0.25) is 0 Å². The molecule has 2 rings (SSSR count). The van der Waals surface area contributed by atoms with Crippen molar-refractivity contribution in [1.82, 2.24) is 4.72 Å². The number of aryl methyl sites for hydroxylation is 1. The third kappa shape index (κ3) is 3.39. The van der Waals surface area contributed by atoms with Crippen molar-refractivity contribution in [3.63, 3.8) is 0 Å². The fraction of sp³-hybridized carbons (Fsp3) is 0.286. The van der Waals surface area contributed by atoms with Gasteiger partial charge in [-0.25, -0.2) is 13.1 Å². The number of sulfonamides is 1. The molecule has 0 saturated heterocycles. The second kappa shape index (κ2) is 6.39. The molecule has 1 aromatic heterocycles. The van der Waals surface area contributed by atoms with Gasteiger partial charge in [0.25, 0.3) is 0 Å². The molecule has 0 aliphatic carbocycles. The van der Waals surface area contributed by atoms with Crippen molar-refractivity contribution in [1.29, 1.82) is 0 Å². The molecule has 2 aromatic rings. The van der Waals surface area contributed by atoms with Crippen molar-refractivity contribution in [2.75, 3.05) is 12.4 Å². The molecule has 0 spiro atoms. The van der Waals surface area contributed by atoms with E-state index < -0.39 is 10.0 Å². The summed E-state index contributed by atoms with van der Waals surface area (Å²) in [6.45, 7) is 2.41. The fourth-order valence-electron chi connectivity index (χ4n) is 1.88. The standard InChI is InChI=1S/C14H18N2O2S2/c1-3-11-8-9-19-14(11)10-16-20(17,18)13-6-4-12(15-2)5-7-13/h4-9,15-16H,3,10H2,1-2H3. The largest absolute Gasteiger partial charge is 0.388 e. The lowest BCUT2D eigenvalue weighted by atomic mass is 10.2. The molecular formula is C14H18N2O2S2. The zero-order chi connectivity index (χ0) is 14.6. The normalized spacial score (nSPS) is 11.5. The molecule has 0 radical (unpaired) electrons. The quantitative estimate of drug-likeness (QED) is 0.862. The predicted octanol–water partition coefficient (Wildman–Crippen LogP) is 2.83. The van der Waals surface area contributed by atoms with Gasteiger partial charge in [0.05, 0.1) is 4.90 Å². The van der Waals surface area contributed by atoms with Crippen molar-refractivity contribution in [3.05, 3.63) is 46.2 Å². The highest BCUT2D eigenvalue weighted by Gasteiger charge is 2.14. The van der Waals surface area contributed by atoms with Crippen molar-refractivity contribution >= 4 is 27.0 Å². The second-order valence-corrected chi connectivity index (χ2v) is 7.09. The van der Waals surface area contributed by atoms with E-state index in [2.05, 4.69) is 17.0 Å². The first-order valence-electron chi connectivity index (χ1n) is 6.39. The number of hydrogen-bond donors (Lipinski definition) is 2. The Bertz CT molecular complexity index is 661. The number of nitrogens with one attached hydrogen (secondary N) is 2. The van der Waals surface area contributed by atoms with E-state index in [-0.39, 0.29) is 4.90 Å². The van der Waals surface area contributed by atoms with Crippen LogP contribution in [0.25, 0.3) is 0 Å². The molecule has 0 saturated carbocycles. The van der Waals surface area contributed by atoms with Gasteiger partial charge in [-0.15, -0.1) is 11.3 Å². The predicted molar refractivity (Wildman–Crippen MR) is 83.7 cm³/mol. The molecule has 0 unspecified atom stereocenters. The van der Waals surface area contributed by atoms with Crippen molar-refractivity contribution < 1.29 is 8.42 Å². The van der Waals surface area contributed by atoms with E-state index in [1.165, 1.54) is 5.56 Å². The third-order valence-corrected chi connectivity index (χ3v) is 5.47. The van der Waals surface area contributed by atoms with Gasteiger partial charge in [0.1, 0.15) is 0 Å². The zero-order valence-electron chi connectivity index (χ0n) is 11.5. The van der Waals surface area contributed by atoms with Crippen LogP contribution in [0.3, 0.4) is 0 Å². The topological polar surface area (TPSA) is 58.2 Å². The Morgan fingerprint density at radius 3 is 2.45 bits per heavy atom. The molecule has 20 heavy (non-hydrogen) atoms. The van der Waals surface area contributed by atoms with Crippen molar-refractivity contribution in [3.8, 4) is 0 Å². The lowest BCUT2D eigenvalue weighted by Gasteiger charge is -2.08. The maximum atomic E-state index is 12.2. The molecular weight excluding hydrogens is 292 g/mol. The highest BCUT2D eigenvalue weighted by molar-refractivity contribution is 7.89. The summed E-state index contributed by atoms with van der Waals surface area (Å²) >= 11 is 1.58. The van der Waals surface area contributed by atoms with E-state index in [4.69, 9.17) is 0 Å². The average Bonchev–Trinajstić information content (AvgIpc) is 2.93. The number of thiophene rings is 1. The average molecular weight is 310 g/mol. The first-order valence-corrected chi connectivity index (χ1v) is 8.76. The second-order valence-electron chi connectivity index (χ2n) is 4.32. The van der Waals surface area contributed by atoms with Crippen LogP contribution in [0.4, 0.5) is 5.69 Å². The third-order valence-electron chi connectivity index (χ3n) is 3.09. The molecule has 6 heteroatoms. The van der Waals surface area contributed by atoms with Crippen molar-refractivity contribution in [2.45, 2.75) is 24.8 Å². The minimum atomic E-state index is -3.46. The van der Waals surface area contributed by atoms with Crippen LogP contribution in [0, 0.1) is 0 Å². The molecule has 0 aliphatic heterocycles. The summed E-state index contributed by atoms with van der Waals surface area (Å²) in [5.74, 6) is 0. The first-order chi connectivity index (χ1) is 9.56. The number of benzene rings is 1. The van der Waals surface area contributed by atoms with Gasteiger partial charge < -0.3 is 5.32 Å². The maximum Gasteiger partial charge on any atom is 0.240 e. The van der Waals surface area contributed by atoms with E-state index in [0.29, 0.717) is 6.54 Å². The zero-order valence-corrected chi connectivity index (χ0v) is 13.1. The molecule has 0 atom stereocenters. The Labute approximate surface area is 123 Å².